The highest BCUT2D eigenvalue weighted by molar-refractivity contribution is 7.88. The number of halogens is 3. The molecule has 0 bridgehead atoms. The van der Waals surface area contributed by atoms with Gasteiger partial charge in [0.1, 0.15) is 11.5 Å². The molecule has 0 atom stereocenters. The molecule has 0 fully saturated rings. The molecular formula is C31H35F3O8S. The van der Waals surface area contributed by atoms with Crippen LogP contribution >= 0.6 is 0 Å². The van der Waals surface area contributed by atoms with E-state index in [4.69, 9.17) is 4.74 Å². The number of hydrogen-bond donors (Lipinski definition) is 1. The Kier molecular flexibility index (Phi) is 11.8. The summed E-state index contributed by atoms with van der Waals surface area (Å²) in [5, 5.41) is 9.94. The van der Waals surface area contributed by atoms with Crippen LogP contribution in [0.25, 0.3) is 11.1 Å². The van der Waals surface area contributed by atoms with E-state index in [0.717, 1.165) is 61.8 Å². The van der Waals surface area contributed by atoms with Gasteiger partial charge in [0.05, 0.1) is 25.3 Å². The Hall–Kier alpha value is -3.80. The van der Waals surface area contributed by atoms with Crippen LogP contribution in [0.15, 0.2) is 48.6 Å². The van der Waals surface area contributed by atoms with Crippen LogP contribution in [0, 0.1) is 0 Å². The van der Waals surface area contributed by atoms with Crippen LogP contribution < -0.4 is 4.18 Å². The number of benzene rings is 2. The topological polar surface area (TPSA) is 116 Å². The summed E-state index contributed by atoms with van der Waals surface area (Å²) in [5.74, 6) is -1.28. The molecule has 0 radical (unpaired) electrons. The molecule has 0 amide bonds. The van der Waals surface area contributed by atoms with Gasteiger partial charge in [-0.05, 0) is 98.9 Å². The molecule has 2 aliphatic rings. The number of hydrogen-bond acceptors (Lipinski definition) is 8. The third-order valence-corrected chi connectivity index (χ3v) is 8.04. The standard InChI is InChI=1S/C16H17F3O5S.C15H18O3/c1-23-15(20)12-8-9-14(24-25(21,22)16(17,18)19)13(10-12)11-6-4-2-3-5-7-11;1-18-15(17)12-8-9-14(16)13(10-12)11-6-4-2-3-5-7-11/h6,8-10H,2-5,7H2,1H3;6,8-10,16H,2-5,7H2,1H3. The molecule has 0 unspecified atom stereocenters. The van der Waals surface area contributed by atoms with Gasteiger partial charge in [-0.15, -0.1) is 0 Å². The number of aromatic hydroxyl groups is 1. The molecule has 0 spiro atoms. The number of carbonyl (C=O) groups is 2. The first kappa shape index (κ1) is 33.7. The summed E-state index contributed by atoms with van der Waals surface area (Å²) < 4.78 is 74.2. The normalized spacial score (nSPS) is 15.8. The minimum Gasteiger partial charge on any atom is -0.507 e. The Morgan fingerprint density at radius 3 is 1.74 bits per heavy atom. The molecule has 8 nitrogen and oxygen atoms in total. The van der Waals surface area contributed by atoms with Gasteiger partial charge in [-0.3, -0.25) is 0 Å². The van der Waals surface area contributed by atoms with Gasteiger partial charge in [0.2, 0.25) is 0 Å². The summed E-state index contributed by atoms with van der Waals surface area (Å²) in [7, 11) is -3.27. The Labute approximate surface area is 249 Å². The average molecular weight is 625 g/mol. The van der Waals surface area contributed by atoms with Crippen molar-refractivity contribution < 1.29 is 49.9 Å². The minimum atomic E-state index is -5.80. The number of phenols is 1. The number of ether oxygens (including phenoxy) is 2. The molecule has 0 aromatic heterocycles. The molecule has 0 heterocycles. The molecule has 2 aliphatic carbocycles. The first-order chi connectivity index (χ1) is 20.4. The summed E-state index contributed by atoms with van der Waals surface area (Å²) in [6, 6.07) is 8.36. The van der Waals surface area contributed by atoms with Crippen molar-refractivity contribution in [2.45, 2.75) is 69.7 Å². The van der Waals surface area contributed by atoms with Gasteiger partial charge in [-0.25, -0.2) is 9.59 Å². The van der Waals surface area contributed by atoms with Crippen molar-refractivity contribution in [1.82, 2.24) is 0 Å². The maximum Gasteiger partial charge on any atom is 0.534 e. The molecular weight excluding hydrogens is 589 g/mol. The highest BCUT2D eigenvalue weighted by atomic mass is 32.2. The lowest BCUT2D eigenvalue weighted by Crippen LogP contribution is -2.28. The lowest BCUT2D eigenvalue weighted by Gasteiger charge is -2.15. The first-order valence-electron chi connectivity index (χ1n) is 13.9. The van der Waals surface area contributed by atoms with Crippen LogP contribution in [0.5, 0.6) is 11.5 Å². The van der Waals surface area contributed by atoms with Crippen molar-refractivity contribution >= 4 is 33.2 Å². The van der Waals surface area contributed by atoms with Gasteiger partial charge in [0.15, 0.2) is 0 Å². The Morgan fingerprint density at radius 1 is 0.744 bits per heavy atom. The summed E-state index contributed by atoms with van der Waals surface area (Å²) >= 11 is 0. The maximum atomic E-state index is 12.6. The number of alkyl halides is 3. The van der Waals surface area contributed by atoms with E-state index in [-0.39, 0.29) is 22.8 Å². The predicted molar refractivity (Wildman–Crippen MR) is 155 cm³/mol. The molecule has 2 aromatic rings. The quantitative estimate of drug-likeness (QED) is 0.199. The van der Waals surface area contributed by atoms with Crippen LogP contribution in [0.2, 0.25) is 0 Å². The van der Waals surface area contributed by atoms with Crippen molar-refractivity contribution in [3.05, 3.63) is 70.8 Å². The smallest absolute Gasteiger partial charge is 0.507 e. The Bertz CT molecular complexity index is 1480. The number of carbonyl (C=O) groups excluding carboxylic acids is 2. The molecule has 234 valence electrons. The monoisotopic (exact) mass is 624 g/mol. The molecule has 12 heteroatoms. The van der Waals surface area contributed by atoms with E-state index in [9.17, 15) is 36.3 Å². The summed E-state index contributed by atoms with van der Waals surface area (Å²) in [6.07, 6.45) is 13.5. The van der Waals surface area contributed by atoms with Gasteiger partial charge in [-0.2, -0.15) is 21.6 Å². The summed E-state index contributed by atoms with van der Waals surface area (Å²) in [5.41, 5.74) is -2.26. The second-order valence-electron chi connectivity index (χ2n) is 10.1. The summed E-state index contributed by atoms with van der Waals surface area (Å²) in [4.78, 5) is 23.2. The first-order valence-corrected chi connectivity index (χ1v) is 15.3. The van der Waals surface area contributed by atoms with Gasteiger partial charge in [0.25, 0.3) is 0 Å². The van der Waals surface area contributed by atoms with Gasteiger partial charge >= 0.3 is 27.6 Å². The lowest BCUT2D eigenvalue weighted by atomic mass is 9.98. The molecule has 0 saturated heterocycles. The van der Waals surface area contributed by atoms with Gasteiger partial charge in [0, 0.05) is 11.1 Å². The van der Waals surface area contributed by atoms with Crippen molar-refractivity contribution in [2.75, 3.05) is 14.2 Å². The average Bonchev–Trinajstić information content (AvgIpc) is 3.42. The maximum absolute atomic E-state index is 12.6. The molecule has 0 saturated carbocycles. The molecule has 4 rings (SSSR count). The van der Waals surface area contributed by atoms with Crippen molar-refractivity contribution in [3.63, 3.8) is 0 Å². The Balaban J connectivity index is 0.000000248. The zero-order valence-electron chi connectivity index (χ0n) is 24.0. The molecule has 2 aromatic carbocycles. The van der Waals surface area contributed by atoms with Crippen LogP contribution in [-0.2, 0) is 19.6 Å². The van der Waals surface area contributed by atoms with Crippen molar-refractivity contribution in [2.24, 2.45) is 0 Å². The molecule has 1 N–H and O–H groups in total. The van der Waals surface area contributed by atoms with E-state index in [0.29, 0.717) is 24.0 Å². The minimum absolute atomic E-state index is 0.0967. The predicted octanol–water partition coefficient (Wildman–Crippen LogP) is 7.58. The lowest BCUT2D eigenvalue weighted by molar-refractivity contribution is -0.0500. The van der Waals surface area contributed by atoms with E-state index in [2.05, 4.69) is 15.0 Å². The largest absolute Gasteiger partial charge is 0.534 e. The van der Waals surface area contributed by atoms with E-state index in [1.54, 1.807) is 18.2 Å². The molecule has 0 aliphatic heterocycles. The second kappa shape index (κ2) is 15.1. The fraction of sp³-hybridized carbons (Fsp3) is 0.419. The fourth-order valence-corrected chi connectivity index (χ4v) is 5.30. The van der Waals surface area contributed by atoms with Gasteiger partial charge < -0.3 is 18.8 Å². The van der Waals surface area contributed by atoms with E-state index in [1.807, 2.05) is 6.08 Å². The van der Waals surface area contributed by atoms with E-state index >= 15 is 0 Å². The fourth-order valence-electron chi connectivity index (χ4n) is 4.82. The van der Waals surface area contributed by atoms with Crippen LogP contribution in [0.3, 0.4) is 0 Å². The number of rotatable bonds is 6. The van der Waals surface area contributed by atoms with Crippen molar-refractivity contribution in [1.29, 1.82) is 0 Å². The second-order valence-corrected chi connectivity index (χ2v) is 11.6. The zero-order chi connectivity index (χ0) is 31.6. The van der Waals surface area contributed by atoms with Crippen LogP contribution in [0.1, 0.15) is 96.1 Å². The highest BCUT2D eigenvalue weighted by Gasteiger charge is 2.49. The third kappa shape index (κ3) is 9.09. The SMILES string of the molecule is COC(=O)c1ccc(O)c(C2=CCCCCC2)c1.COC(=O)c1ccc(OS(=O)(=O)C(F)(F)F)c(C2=CCCCCC2)c1. The highest BCUT2D eigenvalue weighted by Crippen LogP contribution is 2.36. The van der Waals surface area contributed by atoms with E-state index in [1.165, 1.54) is 33.1 Å². The van der Waals surface area contributed by atoms with Crippen LogP contribution in [0.4, 0.5) is 13.2 Å². The van der Waals surface area contributed by atoms with E-state index < -0.39 is 27.3 Å². The van der Waals surface area contributed by atoms with Crippen LogP contribution in [-0.4, -0.2) is 45.2 Å². The number of esters is 2. The van der Waals surface area contributed by atoms with Crippen molar-refractivity contribution in [3.8, 4) is 11.5 Å². The number of allylic oxidation sites excluding steroid dienone is 4. The summed E-state index contributed by atoms with van der Waals surface area (Å²) in [6.45, 7) is 0. The third-order valence-electron chi connectivity index (χ3n) is 7.08. The number of methoxy groups -OCH3 is 2. The molecule has 43 heavy (non-hydrogen) atoms. The Morgan fingerprint density at radius 2 is 1.23 bits per heavy atom. The zero-order valence-corrected chi connectivity index (χ0v) is 24.9. The number of phenolic OH excluding ortho intramolecular Hbond substituents is 1. The van der Waals surface area contributed by atoms with Gasteiger partial charge in [-0.1, -0.05) is 25.0 Å².